The fourth-order valence-electron chi connectivity index (χ4n) is 1.46. The van der Waals surface area contributed by atoms with Gasteiger partial charge in [-0.25, -0.2) is 0 Å². The van der Waals surface area contributed by atoms with Gasteiger partial charge in [-0.1, -0.05) is 25.2 Å². The Morgan fingerprint density at radius 1 is 1.50 bits per heavy atom. The van der Waals surface area contributed by atoms with Crippen LogP contribution in [0.15, 0.2) is 18.3 Å². The Kier molecular flexibility index (Phi) is 1.61. The molecule has 1 atom stereocenters. The zero-order valence-corrected chi connectivity index (χ0v) is 7.36. The Bertz CT molecular complexity index is 423. The van der Waals surface area contributed by atoms with Crippen LogP contribution in [-0.2, 0) is 7.05 Å². The molecule has 0 aliphatic heterocycles. The van der Waals surface area contributed by atoms with Crippen molar-refractivity contribution in [3.8, 4) is 0 Å². The largest absolute Gasteiger partial charge is 0.268 e. The molecule has 12 heavy (non-hydrogen) atoms. The van der Waals surface area contributed by atoms with E-state index in [4.69, 9.17) is 0 Å². The Balaban J connectivity index is 2.78. The predicted molar refractivity (Wildman–Crippen MR) is 49.7 cm³/mol. The van der Waals surface area contributed by atoms with Crippen LogP contribution in [0.3, 0.4) is 0 Å². The molecule has 1 aliphatic rings. The van der Waals surface area contributed by atoms with E-state index < -0.39 is 0 Å². The van der Waals surface area contributed by atoms with Gasteiger partial charge in [-0.3, -0.25) is 4.68 Å². The van der Waals surface area contributed by atoms with Crippen molar-refractivity contribution in [3.63, 3.8) is 0 Å². The van der Waals surface area contributed by atoms with Gasteiger partial charge in [-0.2, -0.15) is 5.10 Å². The molecular weight excluding hydrogens is 148 g/mol. The number of nitrogens with zero attached hydrogens (tertiary/aromatic N) is 2. The standard InChI is InChI=1S/C10H12N2/c1-8-4-3-5-10-9(6-8)7-11-12(10)2/h3-8H,1-2H3. The lowest BCUT2D eigenvalue weighted by Gasteiger charge is -1.91. The molecule has 1 aromatic heterocycles. The van der Waals surface area contributed by atoms with Crippen LogP contribution in [0, 0.1) is 5.92 Å². The monoisotopic (exact) mass is 160 g/mol. The normalized spacial score (nSPS) is 20.7. The lowest BCUT2D eigenvalue weighted by molar-refractivity contribution is 0.743. The highest BCUT2D eigenvalue weighted by molar-refractivity contribution is 5.43. The maximum atomic E-state index is 4.19. The van der Waals surface area contributed by atoms with Gasteiger partial charge < -0.3 is 0 Å². The van der Waals surface area contributed by atoms with Gasteiger partial charge in [0.05, 0.1) is 11.5 Å². The topological polar surface area (TPSA) is 17.8 Å². The summed E-state index contributed by atoms with van der Waals surface area (Å²) >= 11 is 0. The summed E-state index contributed by atoms with van der Waals surface area (Å²) < 4.78 is 1.90. The molecular formula is C10H12N2. The van der Waals surface area contributed by atoms with Crippen molar-refractivity contribution in [2.24, 2.45) is 13.0 Å². The zero-order chi connectivity index (χ0) is 8.55. The maximum absolute atomic E-state index is 4.19. The third-order valence-corrected chi connectivity index (χ3v) is 2.13. The molecule has 0 spiro atoms. The van der Waals surface area contributed by atoms with Crippen molar-refractivity contribution < 1.29 is 0 Å². The second-order valence-electron chi connectivity index (χ2n) is 3.19. The summed E-state index contributed by atoms with van der Waals surface area (Å²) in [6, 6.07) is 0. The molecule has 0 fully saturated rings. The van der Waals surface area contributed by atoms with Crippen LogP contribution < -0.4 is 10.6 Å². The van der Waals surface area contributed by atoms with Gasteiger partial charge in [-0.15, -0.1) is 0 Å². The van der Waals surface area contributed by atoms with Gasteiger partial charge in [-0.05, 0) is 12.0 Å². The van der Waals surface area contributed by atoms with Gasteiger partial charge in [0.2, 0.25) is 0 Å². The first kappa shape index (κ1) is 7.35. The molecule has 2 rings (SSSR count). The van der Waals surface area contributed by atoms with E-state index in [1.165, 1.54) is 10.6 Å². The van der Waals surface area contributed by atoms with Crippen molar-refractivity contribution in [1.82, 2.24) is 9.78 Å². The quantitative estimate of drug-likeness (QED) is 0.529. The number of hydrogen-bond donors (Lipinski definition) is 0. The number of fused-ring (bicyclic) bond motifs is 1. The number of aryl methyl sites for hydroxylation is 1. The lowest BCUT2D eigenvalue weighted by atomic mass is 10.1. The number of aromatic nitrogens is 2. The van der Waals surface area contributed by atoms with Gasteiger partial charge in [0.25, 0.3) is 0 Å². The second kappa shape index (κ2) is 2.63. The molecule has 0 N–H and O–H groups in total. The van der Waals surface area contributed by atoms with Gasteiger partial charge in [0.15, 0.2) is 0 Å². The van der Waals surface area contributed by atoms with Crippen molar-refractivity contribution >= 4 is 12.2 Å². The third-order valence-electron chi connectivity index (χ3n) is 2.13. The summed E-state index contributed by atoms with van der Waals surface area (Å²) in [7, 11) is 1.97. The Morgan fingerprint density at radius 2 is 2.33 bits per heavy atom. The van der Waals surface area contributed by atoms with E-state index in [0.717, 1.165) is 0 Å². The molecule has 62 valence electrons. The predicted octanol–water partition coefficient (Wildman–Crippen LogP) is 0.187. The maximum Gasteiger partial charge on any atom is 0.0675 e. The van der Waals surface area contributed by atoms with Crippen LogP contribution in [-0.4, -0.2) is 9.78 Å². The van der Waals surface area contributed by atoms with Crippen molar-refractivity contribution in [3.05, 3.63) is 28.9 Å². The van der Waals surface area contributed by atoms with Gasteiger partial charge in [0.1, 0.15) is 0 Å². The van der Waals surface area contributed by atoms with Crippen LogP contribution in [0.4, 0.5) is 0 Å². The second-order valence-corrected chi connectivity index (χ2v) is 3.19. The van der Waals surface area contributed by atoms with E-state index in [9.17, 15) is 0 Å². The minimum atomic E-state index is 0.506. The summed E-state index contributed by atoms with van der Waals surface area (Å²) in [5, 5.41) is 6.62. The molecule has 1 aliphatic carbocycles. The third kappa shape index (κ3) is 1.09. The lowest BCUT2D eigenvalue weighted by Crippen LogP contribution is -2.27. The molecule has 0 amide bonds. The van der Waals surface area contributed by atoms with Crippen molar-refractivity contribution in [2.45, 2.75) is 6.92 Å². The first-order valence-electron chi connectivity index (χ1n) is 4.16. The average Bonchev–Trinajstić information content (AvgIpc) is 2.31. The van der Waals surface area contributed by atoms with E-state index >= 15 is 0 Å². The molecule has 0 saturated carbocycles. The van der Waals surface area contributed by atoms with Crippen molar-refractivity contribution in [1.29, 1.82) is 0 Å². The van der Waals surface area contributed by atoms with E-state index in [1.54, 1.807) is 0 Å². The summed E-state index contributed by atoms with van der Waals surface area (Å²) in [5.41, 5.74) is 0. The Hall–Kier alpha value is -1.31. The smallest absolute Gasteiger partial charge is 0.0675 e. The van der Waals surface area contributed by atoms with Gasteiger partial charge >= 0.3 is 0 Å². The van der Waals surface area contributed by atoms with E-state index in [2.05, 4.69) is 36.3 Å². The molecule has 2 heteroatoms. The van der Waals surface area contributed by atoms with Crippen LogP contribution in [0.2, 0.25) is 0 Å². The molecule has 1 heterocycles. The van der Waals surface area contributed by atoms with Crippen LogP contribution in [0.25, 0.3) is 12.2 Å². The summed E-state index contributed by atoms with van der Waals surface area (Å²) in [6.45, 7) is 2.17. The highest BCUT2D eigenvalue weighted by atomic mass is 15.2. The molecule has 1 unspecified atom stereocenters. The van der Waals surface area contributed by atoms with E-state index in [1.807, 2.05) is 17.9 Å². The Labute approximate surface area is 71.5 Å². The molecule has 0 aromatic carbocycles. The van der Waals surface area contributed by atoms with Crippen LogP contribution >= 0.6 is 0 Å². The number of hydrogen-bond acceptors (Lipinski definition) is 1. The first-order valence-corrected chi connectivity index (χ1v) is 4.16. The minimum absolute atomic E-state index is 0.506. The fourth-order valence-corrected chi connectivity index (χ4v) is 1.46. The van der Waals surface area contributed by atoms with E-state index in [-0.39, 0.29) is 0 Å². The van der Waals surface area contributed by atoms with Crippen LogP contribution in [0.5, 0.6) is 0 Å². The minimum Gasteiger partial charge on any atom is -0.268 e. The molecule has 0 radical (unpaired) electrons. The zero-order valence-electron chi connectivity index (χ0n) is 7.36. The van der Waals surface area contributed by atoms with Gasteiger partial charge in [0, 0.05) is 12.3 Å². The number of allylic oxidation sites excluding steroid dienone is 2. The fraction of sp³-hybridized carbons (Fsp3) is 0.300. The van der Waals surface area contributed by atoms with Crippen molar-refractivity contribution in [2.75, 3.05) is 0 Å². The molecule has 0 bridgehead atoms. The summed E-state index contributed by atoms with van der Waals surface area (Å²) in [6.07, 6.45) is 10.5. The Morgan fingerprint density at radius 3 is 3.17 bits per heavy atom. The number of rotatable bonds is 0. The molecule has 2 nitrogen and oxygen atoms in total. The van der Waals surface area contributed by atoms with E-state index in [0.29, 0.717) is 5.92 Å². The van der Waals surface area contributed by atoms with Crippen LogP contribution in [0.1, 0.15) is 6.92 Å². The SMILES string of the molecule is CC1C=CC=c2c(cnn2C)=C1. The molecule has 0 saturated heterocycles. The highest BCUT2D eigenvalue weighted by Crippen LogP contribution is 1.99. The highest BCUT2D eigenvalue weighted by Gasteiger charge is 1.97. The first-order chi connectivity index (χ1) is 5.77. The summed E-state index contributed by atoms with van der Waals surface area (Å²) in [5.74, 6) is 0.506. The summed E-state index contributed by atoms with van der Waals surface area (Å²) in [4.78, 5) is 0. The molecule has 1 aromatic rings. The average molecular weight is 160 g/mol.